The van der Waals surface area contributed by atoms with Gasteiger partial charge in [0.25, 0.3) is 29.0 Å². The van der Waals surface area contributed by atoms with Gasteiger partial charge in [-0.2, -0.15) is 0 Å². The molecule has 0 unspecified atom stereocenters. The third-order valence-electron chi connectivity index (χ3n) is 9.21. The Morgan fingerprint density at radius 1 is 0.807 bits per heavy atom. The van der Waals surface area contributed by atoms with Crippen molar-refractivity contribution in [3.8, 4) is 0 Å². The number of alkyl halides is 1. The van der Waals surface area contributed by atoms with Gasteiger partial charge in [-0.15, -0.1) is 0 Å². The average Bonchev–Trinajstić information content (AvgIpc) is 3.17. The summed E-state index contributed by atoms with van der Waals surface area (Å²) >= 11 is 9.91. The molecule has 11 nitrogen and oxygen atoms in total. The number of H-pyrrole nitrogens is 3. The Balaban J connectivity index is 0.000000847. The number of aromatic nitrogens is 4. The summed E-state index contributed by atoms with van der Waals surface area (Å²) in [6.07, 6.45) is 11.2. The average molecular weight is 928 g/mol. The molecule has 0 atom stereocenters. The standard InChI is InChI=1S/C20H23N3OS.C11H13N3OS.C9H11Br.CH2O3.2K.H/c1-13-9-14(2)11-15(10-13)12-25-20-22-17(16-7-5-4-6-8-16)18(21-3)19(24)23-20;1-12-9-8(7-5-3-2-4-6-7)13-11(16)14-10(9)15;1-7-3-8(2)5-9(4-7)6-10;2-1-4-3;;;/h9-11,16H,4-8,12H2,1-2H3,(H,22,23,24);7H,2-6H2,(H2,13,14,15,16);3-5H,6H2,1-2H3;1,3H;;;/q;;;;2*+1;-1/p-1. The predicted molar refractivity (Wildman–Crippen MR) is 224 cm³/mol. The van der Waals surface area contributed by atoms with E-state index in [1.807, 2.05) is 0 Å². The predicted octanol–water partition coefficient (Wildman–Crippen LogP) is 4.06. The minimum absolute atomic E-state index is 0. The number of hydrogen-bond acceptors (Lipinski definition) is 8. The molecule has 2 aliphatic carbocycles. The summed E-state index contributed by atoms with van der Waals surface area (Å²) in [4.78, 5) is 54.8. The number of thioether (sulfide) groups is 1. The second kappa shape index (κ2) is 29.2. The summed E-state index contributed by atoms with van der Waals surface area (Å²) in [5, 5.41) is 10.0. The summed E-state index contributed by atoms with van der Waals surface area (Å²) in [6.45, 7) is 22.7. The number of nitrogens with one attached hydrogen (secondary N) is 3. The van der Waals surface area contributed by atoms with Gasteiger partial charge in [-0.1, -0.05) is 125 Å². The van der Waals surface area contributed by atoms with E-state index in [0.717, 1.165) is 68.1 Å². The second-order valence-corrected chi connectivity index (χ2v) is 15.7. The van der Waals surface area contributed by atoms with E-state index < -0.39 is 0 Å². The number of hydrogen-bond donors (Lipinski definition) is 3. The molecule has 294 valence electrons. The third-order valence-corrected chi connectivity index (χ3v) is 11.0. The fourth-order valence-corrected chi connectivity index (χ4v) is 8.37. The van der Waals surface area contributed by atoms with Gasteiger partial charge in [0.05, 0.1) is 18.8 Å². The molecule has 2 aliphatic rings. The number of carbonyl (C=O) groups is 1. The Bertz CT molecular complexity index is 2120. The Kier molecular flexibility index (Phi) is 27.7. The van der Waals surface area contributed by atoms with Crippen molar-refractivity contribution in [2.24, 2.45) is 0 Å². The molecule has 0 aliphatic heterocycles. The van der Waals surface area contributed by atoms with E-state index in [1.165, 1.54) is 58.0 Å². The van der Waals surface area contributed by atoms with E-state index in [0.29, 0.717) is 21.5 Å². The fourth-order valence-electron chi connectivity index (χ4n) is 7.05. The number of aryl methyl sites for hydroxylation is 4. The number of nitrogens with zero attached hydrogens (tertiary/aromatic N) is 3. The smallest absolute Gasteiger partial charge is 1.00 e. The topological polar surface area (TPSA) is 152 Å². The molecule has 2 heterocycles. The molecular weight excluding hydrogens is 879 g/mol. The molecular formula is C41H49BrK2N6O5S2. The summed E-state index contributed by atoms with van der Waals surface area (Å²) in [5.74, 6) is 1.30. The third kappa shape index (κ3) is 18.6. The molecule has 0 spiro atoms. The van der Waals surface area contributed by atoms with Gasteiger partial charge in [-0.05, 0) is 88.6 Å². The van der Waals surface area contributed by atoms with Crippen molar-refractivity contribution in [1.82, 2.24) is 19.9 Å². The molecule has 2 aromatic carbocycles. The number of aromatic amines is 3. The first-order valence-corrected chi connectivity index (χ1v) is 20.7. The van der Waals surface area contributed by atoms with Gasteiger partial charge in [0.2, 0.25) is 0 Å². The second-order valence-electron chi connectivity index (χ2n) is 13.8. The maximum absolute atomic E-state index is 12.3. The van der Waals surface area contributed by atoms with E-state index in [2.05, 4.69) is 115 Å². The molecule has 2 aromatic heterocycles. The van der Waals surface area contributed by atoms with Crippen LogP contribution in [0.5, 0.6) is 0 Å². The zero-order valence-corrected chi connectivity index (χ0v) is 43.2. The molecule has 2 saturated carbocycles. The molecule has 0 bridgehead atoms. The zero-order chi connectivity index (χ0) is 40.3. The SMILES string of the molecule is Cc1cc(C)cc(CBr)c1.O=CO[O-].[C-]#[N+]c1c(C2CCCCC2)[nH]c(=S)[nH]c1=O.[C-]#[N+]c1c(C2CCCCC2)nc(SCc2cc(C)cc(C)c2)[nH]c1=O.[H-].[K+].[K+]. The van der Waals surface area contributed by atoms with Crippen molar-refractivity contribution in [3.05, 3.63) is 129 Å². The van der Waals surface area contributed by atoms with E-state index in [1.54, 1.807) is 0 Å². The van der Waals surface area contributed by atoms with Crippen LogP contribution in [0.25, 0.3) is 9.69 Å². The van der Waals surface area contributed by atoms with Gasteiger partial charge in [0.1, 0.15) is 0 Å². The minimum atomic E-state index is -0.362. The van der Waals surface area contributed by atoms with Crippen molar-refractivity contribution in [2.75, 3.05) is 0 Å². The van der Waals surface area contributed by atoms with Crippen LogP contribution in [0.2, 0.25) is 0 Å². The van der Waals surface area contributed by atoms with Crippen LogP contribution in [0, 0.1) is 45.6 Å². The first-order valence-electron chi connectivity index (χ1n) is 18.2. The number of halogens is 1. The first-order chi connectivity index (χ1) is 26.4. The van der Waals surface area contributed by atoms with Crippen LogP contribution in [0.1, 0.15) is 122 Å². The maximum atomic E-state index is 12.3. The summed E-state index contributed by atoms with van der Waals surface area (Å²) in [6, 6.07) is 13.1. The molecule has 4 aromatic rings. The maximum Gasteiger partial charge on any atom is 1.00 e. The van der Waals surface area contributed by atoms with Gasteiger partial charge < -0.3 is 26.5 Å². The monoisotopic (exact) mass is 926 g/mol. The van der Waals surface area contributed by atoms with Crippen molar-refractivity contribution in [3.63, 3.8) is 0 Å². The van der Waals surface area contributed by atoms with Gasteiger partial charge in [-0.3, -0.25) is 14.4 Å². The molecule has 6 rings (SSSR count). The number of rotatable bonds is 7. The molecule has 57 heavy (non-hydrogen) atoms. The zero-order valence-electron chi connectivity index (χ0n) is 34.8. The van der Waals surface area contributed by atoms with E-state index >= 15 is 0 Å². The van der Waals surface area contributed by atoms with Crippen LogP contribution in [-0.2, 0) is 20.8 Å². The molecule has 2 fully saturated rings. The first kappa shape index (κ1) is 54.0. The Morgan fingerprint density at radius 2 is 1.26 bits per heavy atom. The Hall–Kier alpha value is -1.07. The van der Waals surface area contributed by atoms with E-state index in [9.17, 15) is 9.59 Å². The van der Waals surface area contributed by atoms with Crippen molar-refractivity contribution >= 4 is 57.8 Å². The quantitative estimate of drug-likeness (QED) is 0.0289. The van der Waals surface area contributed by atoms with E-state index in [-0.39, 0.29) is 139 Å². The molecule has 16 heteroatoms. The van der Waals surface area contributed by atoms with Crippen LogP contribution in [0.3, 0.4) is 0 Å². The van der Waals surface area contributed by atoms with Gasteiger partial charge >= 0.3 is 103 Å². The van der Waals surface area contributed by atoms with Crippen LogP contribution < -0.4 is 119 Å². The van der Waals surface area contributed by atoms with Crippen molar-refractivity contribution < 1.29 is 119 Å². The normalized spacial score (nSPS) is 13.5. The molecule has 0 radical (unpaired) electrons. The van der Waals surface area contributed by atoms with Gasteiger partial charge in [0.15, 0.2) is 9.93 Å². The number of carbonyl (C=O) groups excluding carboxylic acids is 1. The molecule has 3 N–H and O–H groups in total. The Morgan fingerprint density at radius 3 is 1.72 bits per heavy atom. The van der Waals surface area contributed by atoms with Crippen LogP contribution in [0.15, 0.2) is 51.1 Å². The fraction of sp³-hybridized carbons (Fsp3) is 0.439. The minimum Gasteiger partial charge on any atom is -1.00 e. The number of benzene rings is 2. The van der Waals surface area contributed by atoms with Gasteiger partial charge in [-0.25, -0.2) is 14.7 Å². The Labute approximate surface area is 439 Å². The molecule has 0 amide bonds. The van der Waals surface area contributed by atoms with Gasteiger partial charge in [0, 0.05) is 16.8 Å². The van der Waals surface area contributed by atoms with Crippen LogP contribution in [0.4, 0.5) is 11.4 Å². The summed E-state index contributed by atoms with van der Waals surface area (Å²) in [7, 11) is 0. The van der Waals surface area contributed by atoms with Crippen molar-refractivity contribution in [1.29, 1.82) is 0 Å². The van der Waals surface area contributed by atoms with Crippen LogP contribution in [-0.4, -0.2) is 26.4 Å². The molecule has 0 saturated heterocycles. The van der Waals surface area contributed by atoms with Crippen molar-refractivity contribution in [2.45, 2.75) is 120 Å². The van der Waals surface area contributed by atoms with Crippen LogP contribution >= 0.6 is 39.9 Å². The van der Waals surface area contributed by atoms with E-state index in [4.69, 9.17) is 35.4 Å². The summed E-state index contributed by atoms with van der Waals surface area (Å²) in [5.41, 5.74) is 8.90. The largest absolute Gasteiger partial charge is 1.00 e. The summed E-state index contributed by atoms with van der Waals surface area (Å²) < 4.78 is 0.318.